The maximum absolute atomic E-state index is 5.67. The van der Waals surface area contributed by atoms with E-state index < -0.39 is 0 Å². The first-order valence-corrected chi connectivity index (χ1v) is 6.59. The molecular formula is C15H24N2. The summed E-state index contributed by atoms with van der Waals surface area (Å²) < 4.78 is 0. The molecule has 2 nitrogen and oxygen atoms in total. The highest BCUT2D eigenvalue weighted by Gasteiger charge is 2.24. The molecule has 1 aliphatic rings. The molecule has 0 atom stereocenters. The number of hydrogen-bond donors (Lipinski definition) is 1. The molecule has 2 heteroatoms. The maximum Gasteiger partial charge on any atom is 0.0233 e. The van der Waals surface area contributed by atoms with Crippen LogP contribution in [0.4, 0.5) is 0 Å². The molecule has 0 bridgehead atoms. The Hall–Kier alpha value is -0.860. The van der Waals surface area contributed by atoms with Crippen LogP contribution >= 0.6 is 0 Å². The molecule has 0 amide bonds. The Morgan fingerprint density at radius 3 is 2.47 bits per heavy atom. The van der Waals surface area contributed by atoms with Crippen LogP contribution in [0.25, 0.3) is 0 Å². The number of likely N-dealkylation sites (tertiary alicyclic amines) is 1. The maximum atomic E-state index is 5.67. The minimum Gasteiger partial charge on any atom is -0.326 e. The second-order valence-corrected chi connectivity index (χ2v) is 5.96. The number of piperidine rings is 1. The fraction of sp³-hybridized carbons (Fsp3) is 0.600. The van der Waals surface area contributed by atoms with E-state index in [1.807, 2.05) is 0 Å². The first-order valence-electron chi connectivity index (χ1n) is 6.59. The lowest BCUT2D eigenvalue weighted by Gasteiger charge is -2.37. The lowest BCUT2D eigenvalue weighted by Crippen LogP contribution is -2.36. The number of nitrogens with two attached hydrogens (primary N) is 1. The summed E-state index contributed by atoms with van der Waals surface area (Å²) in [5, 5.41) is 0. The van der Waals surface area contributed by atoms with E-state index in [-0.39, 0.29) is 0 Å². The lowest BCUT2D eigenvalue weighted by atomic mass is 9.82. The summed E-state index contributed by atoms with van der Waals surface area (Å²) in [6, 6.07) is 8.66. The molecule has 2 rings (SSSR count). The highest BCUT2D eigenvalue weighted by molar-refractivity contribution is 5.23. The molecule has 0 saturated carbocycles. The molecule has 94 valence electrons. The summed E-state index contributed by atoms with van der Waals surface area (Å²) in [6.07, 6.45) is 2.62. The second kappa shape index (κ2) is 5.19. The lowest BCUT2D eigenvalue weighted by molar-refractivity contribution is 0.127. The minimum absolute atomic E-state index is 0.537. The molecule has 0 aliphatic carbocycles. The fourth-order valence-corrected chi connectivity index (χ4v) is 2.43. The average molecular weight is 232 g/mol. The summed E-state index contributed by atoms with van der Waals surface area (Å²) in [7, 11) is 0. The normalized spacial score (nSPS) is 20.4. The van der Waals surface area contributed by atoms with Gasteiger partial charge in [0, 0.05) is 13.1 Å². The highest BCUT2D eigenvalue weighted by Crippen LogP contribution is 2.30. The smallest absolute Gasteiger partial charge is 0.0233 e. The third-order valence-corrected chi connectivity index (χ3v) is 3.84. The van der Waals surface area contributed by atoms with Crippen molar-refractivity contribution in [3.05, 3.63) is 35.4 Å². The van der Waals surface area contributed by atoms with E-state index in [4.69, 9.17) is 5.73 Å². The van der Waals surface area contributed by atoms with Crippen molar-refractivity contribution in [2.45, 2.75) is 39.8 Å². The van der Waals surface area contributed by atoms with Crippen molar-refractivity contribution < 1.29 is 0 Å². The zero-order chi connectivity index (χ0) is 12.3. The van der Waals surface area contributed by atoms with E-state index in [0.717, 1.165) is 6.54 Å². The monoisotopic (exact) mass is 232 g/mol. The van der Waals surface area contributed by atoms with Crippen LogP contribution in [0.5, 0.6) is 0 Å². The Bertz CT molecular complexity index is 361. The second-order valence-electron chi connectivity index (χ2n) is 5.96. The van der Waals surface area contributed by atoms with Gasteiger partial charge in [-0.25, -0.2) is 0 Å². The summed E-state index contributed by atoms with van der Waals surface area (Å²) in [5.74, 6) is 0. The quantitative estimate of drug-likeness (QED) is 0.868. The van der Waals surface area contributed by atoms with Crippen molar-refractivity contribution in [1.29, 1.82) is 0 Å². The van der Waals surface area contributed by atoms with Crippen molar-refractivity contribution in [2.24, 2.45) is 11.1 Å². The van der Waals surface area contributed by atoms with Gasteiger partial charge in [-0.2, -0.15) is 0 Å². The zero-order valence-corrected chi connectivity index (χ0v) is 11.1. The predicted molar refractivity (Wildman–Crippen MR) is 72.6 cm³/mol. The van der Waals surface area contributed by atoms with Gasteiger partial charge in [-0.15, -0.1) is 0 Å². The molecule has 0 radical (unpaired) electrons. The number of hydrogen-bond acceptors (Lipinski definition) is 2. The van der Waals surface area contributed by atoms with Gasteiger partial charge in [0.05, 0.1) is 0 Å². The van der Waals surface area contributed by atoms with Crippen molar-refractivity contribution in [1.82, 2.24) is 4.90 Å². The fourth-order valence-electron chi connectivity index (χ4n) is 2.43. The van der Waals surface area contributed by atoms with E-state index in [0.29, 0.717) is 12.0 Å². The largest absolute Gasteiger partial charge is 0.326 e. The molecule has 1 aromatic rings. The van der Waals surface area contributed by atoms with E-state index in [2.05, 4.69) is 43.0 Å². The molecule has 1 saturated heterocycles. The van der Waals surface area contributed by atoms with Crippen molar-refractivity contribution in [3.63, 3.8) is 0 Å². The van der Waals surface area contributed by atoms with Crippen LogP contribution in [-0.4, -0.2) is 18.0 Å². The van der Waals surface area contributed by atoms with Crippen LogP contribution < -0.4 is 5.73 Å². The molecular weight excluding hydrogens is 208 g/mol. The van der Waals surface area contributed by atoms with Gasteiger partial charge < -0.3 is 5.73 Å². The molecule has 1 aromatic carbocycles. The van der Waals surface area contributed by atoms with E-state index in [1.54, 1.807) is 0 Å². The number of rotatable bonds is 3. The van der Waals surface area contributed by atoms with Gasteiger partial charge in [0.1, 0.15) is 0 Å². The summed E-state index contributed by atoms with van der Waals surface area (Å²) >= 11 is 0. The van der Waals surface area contributed by atoms with Crippen LogP contribution in [0.3, 0.4) is 0 Å². The van der Waals surface area contributed by atoms with Gasteiger partial charge in [0.25, 0.3) is 0 Å². The molecule has 1 aliphatic heterocycles. The molecule has 0 unspecified atom stereocenters. The Balaban J connectivity index is 1.93. The molecule has 17 heavy (non-hydrogen) atoms. The Morgan fingerprint density at radius 1 is 1.18 bits per heavy atom. The Morgan fingerprint density at radius 2 is 1.82 bits per heavy atom. The summed E-state index contributed by atoms with van der Waals surface area (Å²) in [6.45, 7) is 8.91. The molecule has 1 heterocycles. The zero-order valence-electron chi connectivity index (χ0n) is 11.1. The van der Waals surface area contributed by atoms with Crippen molar-refractivity contribution in [2.75, 3.05) is 13.1 Å². The number of benzene rings is 1. The first-order chi connectivity index (χ1) is 8.09. The van der Waals surface area contributed by atoms with Crippen LogP contribution in [-0.2, 0) is 13.1 Å². The van der Waals surface area contributed by atoms with Crippen molar-refractivity contribution >= 4 is 0 Å². The average Bonchev–Trinajstić information content (AvgIpc) is 2.32. The molecule has 1 fully saturated rings. The van der Waals surface area contributed by atoms with Crippen LogP contribution in [0.15, 0.2) is 24.3 Å². The third-order valence-electron chi connectivity index (χ3n) is 3.84. The van der Waals surface area contributed by atoms with Crippen molar-refractivity contribution in [3.8, 4) is 0 Å². The predicted octanol–water partition coefficient (Wildman–Crippen LogP) is 2.77. The van der Waals surface area contributed by atoms with Gasteiger partial charge in [0.2, 0.25) is 0 Å². The number of nitrogens with zero attached hydrogens (tertiary/aromatic N) is 1. The molecule has 2 N–H and O–H groups in total. The van der Waals surface area contributed by atoms with Gasteiger partial charge in [-0.05, 0) is 42.5 Å². The van der Waals surface area contributed by atoms with E-state index >= 15 is 0 Å². The van der Waals surface area contributed by atoms with Gasteiger partial charge >= 0.3 is 0 Å². The highest BCUT2D eigenvalue weighted by atomic mass is 15.1. The first kappa shape index (κ1) is 12.6. The van der Waals surface area contributed by atoms with Gasteiger partial charge in [0.15, 0.2) is 0 Å². The summed E-state index contributed by atoms with van der Waals surface area (Å²) in [5.41, 5.74) is 8.84. The Kier molecular flexibility index (Phi) is 3.85. The van der Waals surface area contributed by atoms with Crippen LogP contribution in [0.1, 0.15) is 37.8 Å². The van der Waals surface area contributed by atoms with E-state index in [9.17, 15) is 0 Å². The molecule has 0 spiro atoms. The summed E-state index contributed by atoms with van der Waals surface area (Å²) in [4.78, 5) is 2.56. The SMILES string of the molecule is CC1(C)CCN(Cc2cccc(CN)c2)CC1. The van der Waals surface area contributed by atoms with Gasteiger partial charge in [-0.1, -0.05) is 38.1 Å². The van der Waals surface area contributed by atoms with Gasteiger partial charge in [-0.3, -0.25) is 4.90 Å². The van der Waals surface area contributed by atoms with Crippen LogP contribution in [0, 0.1) is 5.41 Å². The Labute approximate surface area is 105 Å². The standard InChI is InChI=1S/C15H24N2/c1-15(2)6-8-17(9-7-15)12-14-5-3-4-13(10-14)11-16/h3-5,10H,6-9,11-12,16H2,1-2H3. The third kappa shape index (κ3) is 3.55. The topological polar surface area (TPSA) is 29.3 Å². The van der Waals surface area contributed by atoms with E-state index in [1.165, 1.54) is 37.1 Å². The molecule has 0 aromatic heterocycles. The minimum atomic E-state index is 0.537. The van der Waals surface area contributed by atoms with Crippen LogP contribution in [0.2, 0.25) is 0 Å².